The van der Waals surface area contributed by atoms with Crippen molar-refractivity contribution >= 4 is 11.6 Å². The Bertz CT molecular complexity index is 870. The Labute approximate surface area is 140 Å². The summed E-state index contributed by atoms with van der Waals surface area (Å²) in [6.07, 6.45) is 9.21. The van der Waals surface area contributed by atoms with Gasteiger partial charge in [-0.2, -0.15) is 5.10 Å². The molecule has 24 heavy (non-hydrogen) atoms. The number of carbonyl (C=O) groups excluding carboxylic acids is 1. The summed E-state index contributed by atoms with van der Waals surface area (Å²) in [5, 5.41) is 7.40. The van der Waals surface area contributed by atoms with Gasteiger partial charge in [0.15, 0.2) is 5.65 Å². The highest BCUT2D eigenvalue weighted by Crippen LogP contribution is 2.21. The van der Waals surface area contributed by atoms with Crippen LogP contribution in [0.5, 0.6) is 0 Å². The van der Waals surface area contributed by atoms with E-state index in [2.05, 4.69) is 15.4 Å². The Morgan fingerprint density at radius 2 is 1.92 bits per heavy atom. The Morgan fingerprint density at radius 3 is 2.79 bits per heavy atom. The van der Waals surface area contributed by atoms with E-state index < -0.39 is 0 Å². The van der Waals surface area contributed by atoms with E-state index in [1.165, 1.54) is 30.5 Å². The van der Waals surface area contributed by atoms with Crippen LogP contribution < -0.4 is 5.32 Å². The molecule has 0 bridgehead atoms. The Morgan fingerprint density at radius 1 is 1.08 bits per heavy atom. The van der Waals surface area contributed by atoms with Gasteiger partial charge in [0, 0.05) is 18.4 Å². The second-order valence-electron chi connectivity index (χ2n) is 6.25. The molecular weight excluding hydrogens is 300 g/mol. The normalized spacial score (nSPS) is 14.2. The first-order valence-corrected chi connectivity index (χ1v) is 8.49. The van der Waals surface area contributed by atoms with Gasteiger partial charge in [-0.1, -0.05) is 36.8 Å². The second kappa shape index (κ2) is 6.43. The molecule has 5 heteroatoms. The van der Waals surface area contributed by atoms with Gasteiger partial charge in [0.05, 0.1) is 6.20 Å². The number of nitrogens with zero attached hydrogens (tertiary/aromatic N) is 3. The molecule has 0 saturated carbocycles. The van der Waals surface area contributed by atoms with E-state index in [0.29, 0.717) is 17.8 Å². The lowest BCUT2D eigenvalue weighted by Crippen LogP contribution is -2.22. The lowest BCUT2D eigenvalue weighted by molar-refractivity contribution is 0.0952. The number of aromatic nitrogens is 3. The summed E-state index contributed by atoms with van der Waals surface area (Å²) < 4.78 is 1.86. The van der Waals surface area contributed by atoms with Gasteiger partial charge in [0.1, 0.15) is 5.56 Å². The van der Waals surface area contributed by atoms with E-state index >= 15 is 0 Å². The van der Waals surface area contributed by atoms with Crippen LogP contribution in [0.15, 0.2) is 42.7 Å². The average molecular weight is 320 g/mol. The summed E-state index contributed by atoms with van der Waals surface area (Å²) in [6, 6.07) is 9.89. The van der Waals surface area contributed by atoms with Crippen molar-refractivity contribution in [3.63, 3.8) is 0 Å². The maximum absolute atomic E-state index is 12.5. The van der Waals surface area contributed by atoms with Crippen molar-refractivity contribution in [1.29, 1.82) is 0 Å². The van der Waals surface area contributed by atoms with E-state index in [-0.39, 0.29) is 5.91 Å². The molecule has 2 heterocycles. The Balaban J connectivity index is 1.60. The number of hydrogen-bond acceptors (Lipinski definition) is 3. The largest absolute Gasteiger partial charge is 0.348 e. The van der Waals surface area contributed by atoms with Crippen molar-refractivity contribution in [2.45, 2.75) is 38.6 Å². The molecule has 122 valence electrons. The van der Waals surface area contributed by atoms with Gasteiger partial charge in [-0.25, -0.2) is 9.50 Å². The minimum absolute atomic E-state index is 0.130. The van der Waals surface area contributed by atoms with Crippen molar-refractivity contribution in [3.05, 3.63) is 65.1 Å². The van der Waals surface area contributed by atoms with Gasteiger partial charge in [-0.15, -0.1) is 0 Å². The van der Waals surface area contributed by atoms with Crippen molar-refractivity contribution in [1.82, 2.24) is 19.9 Å². The molecule has 3 aromatic rings. The standard InChI is InChI=1S/C19H20N4O/c24-19(21-11-14-7-3-1-4-8-14)16-13-22-23-17-10-6-2-5-9-15(17)12-20-18(16)23/h1,3-4,7-8,12-13H,2,5-6,9-11H2,(H,21,24). The summed E-state index contributed by atoms with van der Waals surface area (Å²) in [7, 11) is 0. The highest BCUT2D eigenvalue weighted by molar-refractivity contribution is 5.99. The molecule has 0 saturated heterocycles. The predicted octanol–water partition coefficient (Wildman–Crippen LogP) is 2.93. The molecule has 0 fully saturated rings. The number of aryl methyl sites for hydroxylation is 2. The van der Waals surface area contributed by atoms with Gasteiger partial charge >= 0.3 is 0 Å². The highest BCUT2D eigenvalue weighted by Gasteiger charge is 2.18. The monoisotopic (exact) mass is 320 g/mol. The predicted molar refractivity (Wildman–Crippen MR) is 91.9 cm³/mol. The average Bonchev–Trinajstić information content (AvgIpc) is 2.91. The molecule has 0 unspecified atom stereocenters. The zero-order chi connectivity index (χ0) is 16.4. The van der Waals surface area contributed by atoms with Crippen molar-refractivity contribution < 1.29 is 4.79 Å². The third kappa shape index (κ3) is 2.77. The first-order valence-electron chi connectivity index (χ1n) is 8.49. The number of fused-ring (bicyclic) bond motifs is 3. The molecule has 2 aromatic heterocycles. The number of carbonyl (C=O) groups is 1. The minimum atomic E-state index is -0.130. The molecule has 0 radical (unpaired) electrons. The number of nitrogens with one attached hydrogen (secondary N) is 1. The van der Waals surface area contributed by atoms with Crippen LogP contribution in [0.3, 0.4) is 0 Å². The molecule has 4 rings (SSSR count). The highest BCUT2D eigenvalue weighted by atomic mass is 16.1. The van der Waals surface area contributed by atoms with Gasteiger partial charge in [0.25, 0.3) is 5.91 Å². The third-order valence-corrected chi connectivity index (χ3v) is 4.61. The van der Waals surface area contributed by atoms with E-state index in [1.54, 1.807) is 6.20 Å². The van der Waals surface area contributed by atoms with Crippen LogP contribution in [0.2, 0.25) is 0 Å². The Kier molecular flexibility index (Phi) is 3.99. The van der Waals surface area contributed by atoms with Crippen molar-refractivity contribution in [2.24, 2.45) is 0 Å². The molecule has 1 aromatic carbocycles. The zero-order valence-corrected chi connectivity index (χ0v) is 13.5. The van der Waals surface area contributed by atoms with Crippen molar-refractivity contribution in [3.8, 4) is 0 Å². The second-order valence-corrected chi connectivity index (χ2v) is 6.25. The molecule has 1 aliphatic carbocycles. The van der Waals surface area contributed by atoms with Crippen molar-refractivity contribution in [2.75, 3.05) is 0 Å². The smallest absolute Gasteiger partial charge is 0.257 e. The molecule has 1 aliphatic rings. The number of benzene rings is 1. The lowest BCUT2D eigenvalue weighted by atomic mass is 10.1. The first kappa shape index (κ1) is 14.9. The van der Waals surface area contributed by atoms with Crippen LogP contribution in [0.1, 0.15) is 46.4 Å². The summed E-state index contributed by atoms with van der Waals surface area (Å²) in [6.45, 7) is 0.502. The van der Waals surface area contributed by atoms with Crippen LogP contribution >= 0.6 is 0 Å². The van der Waals surface area contributed by atoms with Gasteiger partial charge in [-0.05, 0) is 36.8 Å². The number of amides is 1. The lowest BCUT2D eigenvalue weighted by Gasteiger charge is -2.08. The number of hydrogen-bond donors (Lipinski definition) is 1. The third-order valence-electron chi connectivity index (χ3n) is 4.61. The quantitative estimate of drug-likeness (QED) is 0.755. The van der Waals surface area contributed by atoms with Crippen LogP contribution in [0, 0.1) is 0 Å². The summed E-state index contributed by atoms with van der Waals surface area (Å²) in [5.74, 6) is -0.130. The molecule has 0 spiro atoms. The van der Waals surface area contributed by atoms with E-state index in [0.717, 1.165) is 18.4 Å². The summed E-state index contributed by atoms with van der Waals surface area (Å²) in [4.78, 5) is 17.0. The first-order chi connectivity index (χ1) is 11.8. The molecule has 5 nitrogen and oxygen atoms in total. The maximum Gasteiger partial charge on any atom is 0.257 e. The maximum atomic E-state index is 12.5. The topological polar surface area (TPSA) is 59.3 Å². The van der Waals surface area contributed by atoms with Crippen LogP contribution in [-0.4, -0.2) is 20.5 Å². The molecule has 1 amide bonds. The minimum Gasteiger partial charge on any atom is -0.348 e. The van der Waals surface area contributed by atoms with Gasteiger partial charge in [0.2, 0.25) is 0 Å². The van der Waals surface area contributed by atoms with Crippen LogP contribution in [0.25, 0.3) is 5.65 Å². The molecule has 1 N–H and O–H groups in total. The zero-order valence-electron chi connectivity index (χ0n) is 13.5. The fourth-order valence-corrected chi connectivity index (χ4v) is 3.31. The van der Waals surface area contributed by atoms with E-state index in [4.69, 9.17) is 0 Å². The van der Waals surface area contributed by atoms with E-state index in [9.17, 15) is 4.79 Å². The van der Waals surface area contributed by atoms with Crippen LogP contribution in [0.4, 0.5) is 0 Å². The molecular formula is C19H20N4O. The van der Waals surface area contributed by atoms with Gasteiger partial charge in [-0.3, -0.25) is 4.79 Å². The SMILES string of the molecule is O=C(NCc1ccccc1)c1cnn2c3c(cnc12)CCCCC3. The fraction of sp³-hybridized carbons (Fsp3) is 0.316. The van der Waals surface area contributed by atoms with E-state index in [1.807, 2.05) is 41.0 Å². The molecule has 0 aliphatic heterocycles. The van der Waals surface area contributed by atoms with Crippen LogP contribution in [-0.2, 0) is 19.4 Å². The number of rotatable bonds is 3. The summed E-state index contributed by atoms with van der Waals surface area (Å²) >= 11 is 0. The molecule has 0 atom stereocenters. The summed E-state index contributed by atoms with van der Waals surface area (Å²) in [5.41, 5.74) is 4.74. The van der Waals surface area contributed by atoms with Gasteiger partial charge < -0.3 is 5.32 Å². The fourth-order valence-electron chi connectivity index (χ4n) is 3.31. The Hall–Kier alpha value is -2.69.